The summed E-state index contributed by atoms with van der Waals surface area (Å²) < 4.78 is 21.8. The van der Waals surface area contributed by atoms with Gasteiger partial charge in [0, 0.05) is 12.5 Å². The van der Waals surface area contributed by atoms with E-state index in [0.717, 1.165) is 11.3 Å². The van der Waals surface area contributed by atoms with Crippen molar-refractivity contribution < 1.29 is 28.8 Å². The molecule has 134 valence electrons. The SMILES string of the molecule is COc1cccc(OCCOc2cc(CCC(=O)O)ccc2OC)c1. The maximum atomic E-state index is 10.7. The molecule has 0 aliphatic rings. The second-order valence-electron chi connectivity index (χ2n) is 5.25. The number of aliphatic carboxylic acids is 1. The lowest BCUT2D eigenvalue weighted by atomic mass is 10.1. The highest BCUT2D eigenvalue weighted by molar-refractivity contribution is 5.67. The van der Waals surface area contributed by atoms with Crippen LogP contribution in [0.2, 0.25) is 0 Å². The molecule has 0 unspecified atom stereocenters. The van der Waals surface area contributed by atoms with Crippen molar-refractivity contribution in [3.8, 4) is 23.0 Å². The van der Waals surface area contributed by atoms with Crippen molar-refractivity contribution in [2.45, 2.75) is 12.8 Å². The fourth-order valence-electron chi connectivity index (χ4n) is 2.24. The van der Waals surface area contributed by atoms with E-state index in [0.29, 0.717) is 36.9 Å². The van der Waals surface area contributed by atoms with Gasteiger partial charge in [0.25, 0.3) is 0 Å². The van der Waals surface area contributed by atoms with Gasteiger partial charge in [-0.3, -0.25) is 4.79 Å². The average molecular weight is 346 g/mol. The molecule has 2 aromatic carbocycles. The molecule has 0 saturated carbocycles. The van der Waals surface area contributed by atoms with Crippen molar-refractivity contribution in [3.05, 3.63) is 48.0 Å². The maximum Gasteiger partial charge on any atom is 0.303 e. The fourth-order valence-corrected chi connectivity index (χ4v) is 2.24. The molecule has 0 heterocycles. The molecular formula is C19H22O6. The van der Waals surface area contributed by atoms with Crippen LogP contribution in [0.15, 0.2) is 42.5 Å². The number of carbonyl (C=O) groups is 1. The first kappa shape index (κ1) is 18.4. The first-order valence-electron chi connectivity index (χ1n) is 7.90. The number of aryl methyl sites for hydroxylation is 1. The zero-order valence-corrected chi connectivity index (χ0v) is 14.4. The minimum atomic E-state index is -0.829. The monoisotopic (exact) mass is 346 g/mol. The largest absolute Gasteiger partial charge is 0.497 e. The van der Waals surface area contributed by atoms with Gasteiger partial charge in [-0.15, -0.1) is 0 Å². The summed E-state index contributed by atoms with van der Waals surface area (Å²) in [6.45, 7) is 0.686. The molecule has 0 aliphatic carbocycles. The van der Waals surface area contributed by atoms with E-state index >= 15 is 0 Å². The van der Waals surface area contributed by atoms with Gasteiger partial charge in [-0.1, -0.05) is 12.1 Å². The molecule has 2 rings (SSSR count). The highest BCUT2D eigenvalue weighted by Gasteiger charge is 2.08. The van der Waals surface area contributed by atoms with Crippen LogP contribution in [0, 0.1) is 0 Å². The molecule has 6 heteroatoms. The van der Waals surface area contributed by atoms with Gasteiger partial charge in [-0.2, -0.15) is 0 Å². The lowest BCUT2D eigenvalue weighted by molar-refractivity contribution is -0.136. The topological polar surface area (TPSA) is 74.2 Å². The molecule has 0 atom stereocenters. The summed E-state index contributed by atoms with van der Waals surface area (Å²) in [4.78, 5) is 10.7. The van der Waals surface area contributed by atoms with E-state index in [9.17, 15) is 4.79 Å². The summed E-state index contributed by atoms with van der Waals surface area (Å²) in [5.41, 5.74) is 0.881. The van der Waals surface area contributed by atoms with Gasteiger partial charge in [-0.25, -0.2) is 0 Å². The number of methoxy groups -OCH3 is 2. The Hall–Kier alpha value is -2.89. The van der Waals surface area contributed by atoms with Crippen LogP contribution >= 0.6 is 0 Å². The number of ether oxygens (including phenoxy) is 4. The zero-order valence-electron chi connectivity index (χ0n) is 14.4. The smallest absolute Gasteiger partial charge is 0.303 e. The number of rotatable bonds is 10. The molecule has 25 heavy (non-hydrogen) atoms. The first-order chi connectivity index (χ1) is 12.1. The van der Waals surface area contributed by atoms with Crippen LogP contribution in [0.4, 0.5) is 0 Å². The van der Waals surface area contributed by atoms with Gasteiger partial charge in [0.15, 0.2) is 11.5 Å². The van der Waals surface area contributed by atoms with Crippen LogP contribution in [0.5, 0.6) is 23.0 Å². The van der Waals surface area contributed by atoms with Gasteiger partial charge in [0.1, 0.15) is 24.7 Å². The summed E-state index contributed by atoms with van der Waals surface area (Å²) in [5.74, 6) is 1.77. The van der Waals surface area contributed by atoms with E-state index in [1.54, 1.807) is 32.4 Å². The van der Waals surface area contributed by atoms with Crippen LogP contribution in [-0.4, -0.2) is 38.5 Å². The molecule has 0 amide bonds. The summed E-state index contributed by atoms with van der Waals surface area (Å²) >= 11 is 0. The molecule has 6 nitrogen and oxygen atoms in total. The predicted octanol–water partition coefficient (Wildman–Crippen LogP) is 3.18. The second-order valence-corrected chi connectivity index (χ2v) is 5.25. The Morgan fingerprint density at radius 2 is 1.68 bits per heavy atom. The quantitative estimate of drug-likeness (QED) is 0.666. The van der Waals surface area contributed by atoms with Gasteiger partial charge in [0.05, 0.1) is 14.2 Å². The Morgan fingerprint density at radius 1 is 0.920 bits per heavy atom. The minimum absolute atomic E-state index is 0.0741. The molecule has 0 saturated heterocycles. The van der Waals surface area contributed by atoms with Crippen LogP contribution in [0.3, 0.4) is 0 Å². The van der Waals surface area contributed by atoms with E-state index in [1.165, 1.54) is 0 Å². The van der Waals surface area contributed by atoms with Crippen molar-refractivity contribution in [2.24, 2.45) is 0 Å². The number of hydrogen-bond acceptors (Lipinski definition) is 5. The Morgan fingerprint density at radius 3 is 2.40 bits per heavy atom. The highest BCUT2D eigenvalue weighted by Crippen LogP contribution is 2.28. The Labute approximate surface area is 146 Å². The van der Waals surface area contributed by atoms with Crippen LogP contribution in [-0.2, 0) is 11.2 Å². The molecule has 1 N–H and O–H groups in total. The molecule has 0 aliphatic heterocycles. The van der Waals surface area contributed by atoms with Crippen LogP contribution in [0.1, 0.15) is 12.0 Å². The molecule has 0 radical (unpaired) electrons. The number of benzene rings is 2. The Bertz CT molecular complexity index is 698. The maximum absolute atomic E-state index is 10.7. The first-order valence-corrected chi connectivity index (χ1v) is 7.90. The van der Waals surface area contributed by atoms with Crippen molar-refractivity contribution in [3.63, 3.8) is 0 Å². The van der Waals surface area contributed by atoms with Crippen molar-refractivity contribution in [1.29, 1.82) is 0 Å². The normalized spacial score (nSPS) is 10.2. The summed E-state index contributed by atoms with van der Waals surface area (Å²) in [5, 5.41) is 8.78. The van der Waals surface area contributed by atoms with E-state index < -0.39 is 5.97 Å². The molecular weight excluding hydrogens is 324 g/mol. The van der Waals surface area contributed by atoms with Gasteiger partial charge in [-0.05, 0) is 36.2 Å². The molecule has 0 bridgehead atoms. The third-order valence-corrected chi connectivity index (χ3v) is 3.51. The van der Waals surface area contributed by atoms with Crippen molar-refractivity contribution in [1.82, 2.24) is 0 Å². The van der Waals surface area contributed by atoms with E-state index in [-0.39, 0.29) is 6.42 Å². The predicted molar refractivity (Wildman–Crippen MR) is 92.9 cm³/mol. The number of carboxylic acids is 1. The highest BCUT2D eigenvalue weighted by atomic mass is 16.5. The standard InChI is InChI=1S/C19H22O6/c1-22-15-4-3-5-16(13-15)24-10-11-25-18-12-14(7-9-19(20)21)6-8-17(18)23-2/h3-6,8,12-13H,7,9-11H2,1-2H3,(H,20,21). The van der Waals surface area contributed by atoms with E-state index in [2.05, 4.69) is 0 Å². The molecule has 0 fully saturated rings. The fraction of sp³-hybridized carbons (Fsp3) is 0.316. The lowest BCUT2D eigenvalue weighted by Crippen LogP contribution is -2.10. The molecule has 2 aromatic rings. The summed E-state index contributed by atoms with van der Waals surface area (Å²) in [6.07, 6.45) is 0.515. The van der Waals surface area contributed by atoms with Crippen molar-refractivity contribution >= 4 is 5.97 Å². The van der Waals surface area contributed by atoms with Crippen LogP contribution in [0.25, 0.3) is 0 Å². The van der Waals surface area contributed by atoms with E-state index in [1.807, 2.05) is 24.3 Å². The third kappa shape index (κ3) is 5.91. The molecule has 0 aromatic heterocycles. The molecule has 0 spiro atoms. The number of carboxylic acid groups (broad SMARTS) is 1. The third-order valence-electron chi connectivity index (χ3n) is 3.51. The van der Waals surface area contributed by atoms with Crippen molar-refractivity contribution in [2.75, 3.05) is 27.4 Å². The second kappa shape index (κ2) is 9.42. The summed E-state index contributed by atoms with van der Waals surface area (Å²) in [6, 6.07) is 12.7. The zero-order chi connectivity index (χ0) is 18.1. The van der Waals surface area contributed by atoms with Gasteiger partial charge in [0.2, 0.25) is 0 Å². The lowest BCUT2D eigenvalue weighted by Gasteiger charge is -2.13. The van der Waals surface area contributed by atoms with E-state index in [4.69, 9.17) is 24.1 Å². The van der Waals surface area contributed by atoms with Gasteiger partial charge >= 0.3 is 5.97 Å². The Kier molecular flexibility index (Phi) is 6.95. The average Bonchev–Trinajstić information content (AvgIpc) is 2.63. The summed E-state index contributed by atoms with van der Waals surface area (Å²) in [7, 11) is 3.16. The number of hydrogen-bond donors (Lipinski definition) is 1. The van der Waals surface area contributed by atoms with Gasteiger partial charge < -0.3 is 24.1 Å². The van der Waals surface area contributed by atoms with Crippen LogP contribution < -0.4 is 18.9 Å². The Balaban J connectivity index is 1.89. The minimum Gasteiger partial charge on any atom is -0.497 e.